The van der Waals surface area contributed by atoms with Crippen molar-refractivity contribution in [3.63, 3.8) is 0 Å². The fourth-order valence-corrected chi connectivity index (χ4v) is 6.50. The SMILES string of the molecule is FCCCN1CC(Cc2ccc(C3=C(c4ccc(Cl)cc4Cl)CSc4ccccc43)cc2)C1. The molecule has 3 aromatic rings. The zero-order valence-electron chi connectivity index (χ0n) is 18.4. The second-order valence-electron chi connectivity index (χ2n) is 8.83. The number of hydrogen-bond donors (Lipinski definition) is 0. The van der Waals surface area contributed by atoms with Crippen molar-refractivity contribution < 1.29 is 4.39 Å². The van der Waals surface area contributed by atoms with E-state index in [1.54, 1.807) is 0 Å². The van der Waals surface area contributed by atoms with Crippen LogP contribution in [0, 0.1) is 5.92 Å². The summed E-state index contributed by atoms with van der Waals surface area (Å²) in [5.74, 6) is 1.54. The molecule has 0 aromatic heterocycles. The Labute approximate surface area is 209 Å². The van der Waals surface area contributed by atoms with E-state index in [4.69, 9.17) is 23.2 Å². The van der Waals surface area contributed by atoms with Gasteiger partial charge >= 0.3 is 0 Å². The Bertz CT molecular complexity index is 1170. The van der Waals surface area contributed by atoms with Crippen molar-refractivity contribution in [3.8, 4) is 0 Å². The van der Waals surface area contributed by atoms with E-state index < -0.39 is 0 Å². The predicted molar refractivity (Wildman–Crippen MR) is 140 cm³/mol. The molecule has 0 aliphatic carbocycles. The summed E-state index contributed by atoms with van der Waals surface area (Å²) in [7, 11) is 0. The van der Waals surface area contributed by atoms with Crippen LogP contribution in [-0.4, -0.2) is 37.0 Å². The third-order valence-corrected chi connectivity index (χ3v) is 8.14. The lowest BCUT2D eigenvalue weighted by Crippen LogP contribution is -2.47. The van der Waals surface area contributed by atoms with E-state index in [9.17, 15) is 4.39 Å². The van der Waals surface area contributed by atoms with Crippen molar-refractivity contribution in [1.82, 2.24) is 4.90 Å². The molecular weight excluding hydrogens is 472 g/mol. The average Bonchev–Trinajstić information content (AvgIpc) is 2.80. The van der Waals surface area contributed by atoms with Gasteiger partial charge in [-0.2, -0.15) is 0 Å². The lowest BCUT2D eigenvalue weighted by Gasteiger charge is -2.39. The molecule has 170 valence electrons. The first kappa shape index (κ1) is 23.0. The summed E-state index contributed by atoms with van der Waals surface area (Å²) in [4.78, 5) is 3.65. The summed E-state index contributed by atoms with van der Waals surface area (Å²) in [6, 6.07) is 23.4. The molecule has 3 aromatic carbocycles. The standard InChI is InChI=1S/C28H26Cl2FNS/c29-22-10-11-23(26(30)15-22)25-18-33-27-5-2-1-4-24(27)28(25)21-8-6-19(7-9-21)14-20-16-32(17-20)13-3-12-31/h1-2,4-11,15,20H,3,12-14,16-18H2. The van der Waals surface area contributed by atoms with Crippen molar-refractivity contribution in [2.75, 3.05) is 32.1 Å². The highest BCUT2D eigenvalue weighted by Crippen LogP contribution is 2.45. The first-order valence-electron chi connectivity index (χ1n) is 11.4. The zero-order chi connectivity index (χ0) is 22.8. The molecule has 0 amide bonds. The van der Waals surface area contributed by atoms with Gasteiger partial charge in [0.15, 0.2) is 0 Å². The number of nitrogens with zero attached hydrogens (tertiary/aromatic N) is 1. The molecule has 0 saturated carbocycles. The minimum Gasteiger partial charge on any atom is -0.303 e. The minimum absolute atomic E-state index is 0.219. The van der Waals surface area contributed by atoms with Crippen LogP contribution >= 0.6 is 35.0 Å². The lowest BCUT2D eigenvalue weighted by molar-refractivity contribution is 0.0968. The van der Waals surface area contributed by atoms with Crippen molar-refractivity contribution in [2.45, 2.75) is 17.7 Å². The van der Waals surface area contributed by atoms with Crippen LogP contribution < -0.4 is 0 Å². The molecule has 1 saturated heterocycles. The van der Waals surface area contributed by atoms with E-state index in [-0.39, 0.29) is 6.67 Å². The third-order valence-electron chi connectivity index (χ3n) is 6.49. The first-order chi connectivity index (χ1) is 16.1. The number of benzene rings is 3. The van der Waals surface area contributed by atoms with E-state index in [0.29, 0.717) is 22.4 Å². The Morgan fingerprint density at radius 3 is 2.48 bits per heavy atom. The Hall–Kier alpha value is -1.78. The molecule has 2 aliphatic rings. The summed E-state index contributed by atoms with van der Waals surface area (Å²) >= 11 is 14.7. The van der Waals surface area contributed by atoms with Gasteiger partial charge in [-0.25, -0.2) is 0 Å². The largest absolute Gasteiger partial charge is 0.303 e. The third kappa shape index (κ3) is 5.02. The average molecular weight is 498 g/mol. The highest BCUT2D eigenvalue weighted by Gasteiger charge is 2.26. The number of alkyl halides is 1. The number of likely N-dealkylation sites (tertiary alicyclic amines) is 1. The maximum absolute atomic E-state index is 12.4. The van der Waals surface area contributed by atoms with Gasteiger partial charge in [0.1, 0.15) is 0 Å². The number of thioether (sulfide) groups is 1. The molecule has 0 unspecified atom stereocenters. The number of halogens is 3. The molecule has 1 fully saturated rings. The maximum Gasteiger partial charge on any atom is 0.0906 e. The van der Waals surface area contributed by atoms with Gasteiger partial charge in [0.05, 0.1) is 6.67 Å². The Kier molecular flexibility index (Phi) is 7.13. The van der Waals surface area contributed by atoms with Crippen LogP contribution in [0.2, 0.25) is 10.0 Å². The molecule has 0 spiro atoms. The summed E-state index contributed by atoms with van der Waals surface area (Å²) in [5.41, 5.74) is 7.37. The van der Waals surface area contributed by atoms with Gasteiger partial charge in [-0.1, -0.05) is 71.7 Å². The van der Waals surface area contributed by atoms with Crippen LogP contribution in [0.25, 0.3) is 11.1 Å². The molecule has 2 heterocycles. The predicted octanol–water partition coefficient (Wildman–Crippen LogP) is 7.89. The van der Waals surface area contributed by atoms with Crippen LogP contribution in [0.5, 0.6) is 0 Å². The second-order valence-corrected chi connectivity index (χ2v) is 10.7. The molecule has 0 bridgehead atoms. The Morgan fingerprint density at radius 2 is 1.73 bits per heavy atom. The number of rotatable bonds is 7. The van der Waals surface area contributed by atoms with Gasteiger partial charge in [-0.15, -0.1) is 11.8 Å². The van der Waals surface area contributed by atoms with Gasteiger partial charge in [-0.3, -0.25) is 4.39 Å². The Morgan fingerprint density at radius 1 is 0.939 bits per heavy atom. The lowest BCUT2D eigenvalue weighted by atomic mass is 9.87. The van der Waals surface area contributed by atoms with Crippen LogP contribution in [-0.2, 0) is 6.42 Å². The molecule has 33 heavy (non-hydrogen) atoms. The monoisotopic (exact) mass is 497 g/mol. The van der Waals surface area contributed by atoms with Crippen LogP contribution in [0.3, 0.4) is 0 Å². The van der Waals surface area contributed by atoms with Gasteiger partial charge in [-0.05, 0) is 70.4 Å². The minimum atomic E-state index is -0.219. The van der Waals surface area contributed by atoms with Gasteiger partial charge in [0.25, 0.3) is 0 Å². The fourth-order valence-electron chi connectivity index (χ4n) is 4.87. The summed E-state index contributed by atoms with van der Waals surface area (Å²) in [6.45, 7) is 2.82. The van der Waals surface area contributed by atoms with Crippen molar-refractivity contribution in [1.29, 1.82) is 0 Å². The van der Waals surface area contributed by atoms with Gasteiger partial charge < -0.3 is 4.90 Å². The topological polar surface area (TPSA) is 3.24 Å². The van der Waals surface area contributed by atoms with Crippen LogP contribution in [0.4, 0.5) is 4.39 Å². The van der Waals surface area contributed by atoms with E-state index in [0.717, 1.165) is 37.4 Å². The highest BCUT2D eigenvalue weighted by atomic mass is 35.5. The zero-order valence-corrected chi connectivity index (χ0v) is 20.7. The normalized spacial score (nSPS) is 16.6. The molecule has 2 aliphatic heterocycles. The van der Waals surface area contributed by atoms with E-state index in [1.165, 1.54) is 32.7 Å². The van der Waals surface area contributed by atoms with Crippen molar-refractivity contribution in [2.24, 2.45) is 5.92 Å². The van der Waals surface area contributed by atoms with Gasteiger partial charge in [0, 0.05) is 40.3 Å². The molecule has 0 atom stereocenters. The Balaban J connectivity index is 1.44. The smallest absolute Gasteiger partial charge is 0.0906 e. The van der Waals surface area contributed by atoms with E-state index >= 15 is 0 Å². The second kappa shape index (κ2) is 10.2. The quantitative estimate of drug-likeness (QED) is 0.326. The molecule has 0 radical (unpaired) electrons. The van der Waals surface area contributed by atoms with Crippen LogP contribution in [0.15, 0.2) is 71.6 Å². The highest BCUT2D eigenvalue weighted by molar-refractivity contribution is 7.99. The van der Waals surface area contributed by atoms with E-state index in [1.807, 2.05) is 30.0 Å². The van der Waals surface area contributed by atoms with Crippen LogP contribution in [0.1, 0.15) is 28.7 Å². The maximum atomic E-state index is 12.4. The molecule has 1 nitrogen and oxygen atoms in total. The molecule has 5 rings (SSSR count). The number of hydrogen-bond acceptors (Lipinski definition) is 2. The van der Waals surface area contributed by atoms with Gasteiger partial charge in [0.2, 0.25) is 0 Å². The number of fused-ring (bicyclic) bond motifs is 1. The summed E-state index contributed by atoms with van der Waals surface area (Å²) < 4.78 is 12.4. The molecular formula is C28H26Cl2FNS. The summed E-state index contributed by atoms with van der Waals surface area (Å²) in [6.07, 6.45) is 1.73. The summed E-state index contributed by atoms with van der Waals surface area (Å²) in [5, 5.41) is 1.34. The first-order valence-corrected chi connectivity index (χ1v) is 13.1. The van der Waals surface area contributed by atoms with Crippen molar-refractivity contribution in [3.05, 3.63) is 99.0 Å². The fraction of sp³-hybridized carbons (Fsp3) is 0.286. The molecule has 0 N–H and O–H groups in total. The van der Waals surface area contributed by atoms with E-state index in [2.05, 4.69) is 53.4 Å². The van der Waals surface area contributed by atoms with Crippen molar-refractivity contribution >= 4 is 46.1 Å². The molecule has 5 heteroatoms.